The Morgan fingerprint density at radius 3 is 2.63 bits per heavy atom. The van der Waals surface area contributed by atoms with Gasteiger partial charge in [-0.05, 0) is 27.3 Å². The van der Waals surface area contributed by atoms with Gasteiger partial charge in [0.1, 0.15) is 11.6 Å². The van der Waals surface area contributed by atoms with E-state index in [9.17, 15) is 9.59 Å². The maximum absolute atomic E-state index is 11.9. The Hall–Kier alpha value is -1.14. The molecule has 1 unspecified atom stereocenters. The Bertz CT molecular complexity index is 323. The first-order valence-electron chi connectivity index (χ1n) is 6.53. The van der Waals surface area contributed by atoms with Gasteiger partial charge in [0.05, 0.1) is 13.2 Å². The Labute approximate surface area is 114 Å². The molecule has 0 saturated carbocycles. The van der Waals surface area contributed by atoms with Gasteiger partial charge >= 0.3 is 11.9 Å². The summed E-state index contributed by atoms with van der Waals surface area (Å²) in [4.78, 5) is 25.3. The van der Waals surface area contributed by atoms with E-state index in [-0.39, 0.29) is 6.61 Å². The zero-order valence-corrected chi connectivity index (χ0v) is 12.1. The van der Waals surface area contributed by atoms with Crippen LogP contribution in [0.25, 0.3) is 0 Å². The van der Waals surface area contributed by atoms with E-state index in [2.05, 4.69) is 0 Å². The van der Waals surface area contributed by atoms with Crippen molar-refractivity contribution in [1.82, 2.24) is 4.90 Å². The number of nitrogens with zero attached hydrogens (tertiary/aromatic N) is 1. The van der Waals surface area contributed by atoms with E-state index in [1.165, 1.54) is 0 Å². The number of hydrogen-bond acceptors (Lipinski definition) is 6. The first-order valence-corrected chi connectivity index (χ1v) is 6.53. The predicted molar refractivity (Wildman–Crippen MR) is 68.7 cm³/mol. The van der Waals surface area contributed by atoms with Crippen molar-refractivity contribution in [3.8, 4) is 0 Å². The molecule has 0 N–H and O–H groups in total. The number of esters is 2. The second kappa shape index (κ2) is 6.86. The van der Waals surface area contributed by atoms with Gasteiger partial charge in [-0.3, -0.25) is 9.69 Å². The van der Waals surface area contributed by atoms with Gasteiger partial charge in [0, 0.05) is 6.54 Å². The fourth-order valence-electron chi connectivity index (χ4n) is 1.83. The molecule has 0 radical (unpaired) electrons. The van der Waals surface area contributed by atoms with E-state index in [0.29, 0.717) is 19.8 Å². The third kappa shape index (κ3) is 5.57. The van der Waals surface area contributed by atoms with Crippen LogP contribution in [0.4, 0.5) is 0 Å². The van der Waals surface area contributed by atoms with Gasteiger partial charge < -0.3 is 14.2 Å². The van der Waals surface area contributed by atoms with Gasteiger partial charge in [-0.25, -0.2) is 4.79 Å². The van der Waals surface area contributed by atoms with Crippen molar-refractivity contribution in [2.75, 3.05) is 32.9 Å². The molecule has 0 bridgehead atoms. The quantitative estimate of drug-likeness (QED) is 0.699. The summed E-state index contributed by atoms with van der Waals surface area (Å²) in [6.07, 6.45) is 0. The van der Waals surface area contributed by atoms with Crippen molar-refractivity contribution in [2.45, 2.75) is 39.3 Å². The lowest BCUT2D eigenvalue weighted by Crippen LogP contribution is -2.50. The van der Waals surface area contributed by atoms with Crippen LogP contribution in [0.15, 0.2) is 0 Å². The second-order valence-corrected chi connectivity index (χ2v) is 5.41. The molecule has 1 heterocycles. The van der Waals surface area contributed by atoms with Crippen LogP contribution in [-0.4, -0.2) is 61.4 Å². The molecule has 0 amide bonds. The van der Waals surface area contributed by atoms with Crippen molar-refractivity contribution < 1.29 is 23.8 Å². The second-order valence-electron chi connectivity index (χ2n) is 5.41. The van der Waals surface area contributed by atoms with E-state index in [1.807, 2.05) is 11.8 Å². The lowest BCUT2D eigenvalue weighted by atomic mass is 10.2. The van der Waals surface area contributed by atoms with Crippen LogP contribution in [0.1, 0.15) is 27.7 Å². The van der Waals surface area contributed by atoms with Crippen molar-refractivity contribution in [1.29, 1.82) is 0 Å². The van der Waals surface area contributed by atoms with Gasteiger partial charge in [-0.1, -0.05) is 6.92 Å². The molecule has 110 valence electrons. The third-order valence-electron chi connectivity index (χ3n) is 2.67. The van der Waals surface area contributed by atoms with Crippen LogP contribution >= 0.6 is 0 Å². The van der Waals surface area contributed by atoms with E-state index in [4.69, 9.17) is 14.2 Å². The van der Waals surface area contributed by atoms with Crippen LogP contribution in [0.2, 0.25) is 0 Å². The number of carbonyl (C=O) groups is 2. The highest BCUT2D eigenvalue weighted by Crippen LogP contribution is 2.10. The Morgan fingerprint density at radius 2 is 2.05 bits per heavy atom. The molecule has 6 heteroatoms. The average Bonchev–Trinajstić information content (AvgIpc) is 2.33. The SMILES string of the molecule is CCN1CCOCC1C(=O)OCC(=O)OC(C)(C)C. The summed E-state index contributed by atoms with van der Waals surface area (Å²) >= 11 is 0. The summed E-state index contributed by atoms with van der Waals surface area (Å²) < 4.78 is 15.3. The Kier molecular flexibility index (Phi) is 5.75. The molecule has 1 aliphatic rings. The van der Waals surface area contributed by atoms with Gasteiger partial charge in [-0.15, -0.1) is 0 Å². The number of ether oxygens (including phenoxy) is 3. The van der Waals surface area contributed by atoms with Crippen LogP contribution in [0.5, 0.6) is 0 Å². The monoisotopic (exact) mass is 273 g/mol. The van der Waals surface area contributed by atoms with Crippen LogP contribution in [0.3, 0.4) is 0 Å². The van der Waals surface area contributed by atoms with Crippen LogP contribution in [0, 0.1) is 0 Å². The maximum atomic E-state index is 11.9. The van der Waals surface area contributed by atoms with Gasteiger partial charge in [-0.2, -0.15) is 0 Å². The summed E-state index contributed by atoms with van der Waals surface area (Å²) in [5.74, 6) is -0.979. The molecule has 1 saturated heterocycles. The first kappa shape index (κ1) is 15.9. The molecular formula is C13H23NO5. The third-order valence-corrected chi connectivity index (χ3v) is 2.67. The fourth-order valence-corrected chi connectivity index (χ4v) is 1.83. The zero-order chi connectivity index (χ0) is 14.5. The molecule has 0 aromatic carbocycles. The van der Waals surface area contributed by atoms with Crippen LogP contribution < -0.4 is 0 Å². The lowest BCUT2D eigenvalue weighted by Gasteiger charge is -2.32. The summed E-state index contributed by atoms with van der Waals surface area (Å²) in [6.45, 7) is 9.27. The minimum atomic E-state index is -0.576. The molecule has 0 aromatic rings. The number of morpholine rings is 1. The smallest absolute Gasteiger partial charge is 0.344 e. The van der Waals surface area contributed by atoms with Crippen molar-refractivity contribution in [2.24, 2.45) is 0 Å². The highest BCUT2D eigenvalue weighted by molar-refractivity contribution is 5.80. The Balaban J connectivity index is 2.39. The van der Waals surface area contributed by atoms with Gasteiger partial charge in [0.25, 0.3) is 0 Å². The number of likely N-dealkylation sites (N-methyl/N-ethyl adjacent to an activating group) is 1. The van der Waals surface area contributed by atoms with E-state index < -0.39 is 23.6 Å². The molecule has 1 rings (SSSR count). The summed E-state index contributed by atoms with van der Waals surface area (Å²) in [5, 5.41) is 0. The molecular weight excluding hydrogens is 250 g/mol. The predicted octanol–water partition coefficient (Wildman–Crippen LogP) is 0.592. The molecule has 1 aliphatic heterocycles. The highest BCUT2D eigenvalue weighted by atomic mass is 16.6. The maximum Gasteiger partial charge on any atom is 0.344 e. The molecule has 0 aliphatic carbocycles. The Morgan fingerprint density at radius 1 is 1.37 bits per heavy atom. The number of hydrogen-bond donors (Lipinski definition) is 0. The molecule has 0 aromatic heterocycles. The first-order chi connectivity index (χ1) is 8.83. The van der Waals surface area contributed by atoms with E-state index in [1.54, 1.807) is 20.8 Å². The van der Waals surface area contributed by atoms with E-state index in [0.717, 1.165) is 6.54 Å². The van der Waals surface area contributed by atoms with Crippen molar-refractivity contribution >= 4 is 11.9 Å². The normalized spacial score (nSPS) is 20.9. The lowest BCUT2D eigenvalue weighted by molar-refractivity contribution is -0.171. The molecule has 0 spiro atoms. The van der Waals surface area contributed by atoms with Crippen LogP contribution in [-0.2, 0) is 23.8 Å². The fraction of sp³-hybridized carbons (Fsp3) is 0.846. The molecule has 1 atom stereocenters. The molecule has 19 heavy (non-hydrogen) atoms. The number of carbonyl (C=O) groups excluding carboxylic acids is 2. The van der Waals surface area contributed by atoms with Crippen molar-refractivity contribution in [3.05, 3.63) is 0 Å². The largest absolute Gasteiger partial charge is 0.457 e. The minimum Gasteiger partial charge on any atom is -0.457 e. The molecule has 1 fully saturated rings. The standard InChI is InChI=1S/C13H23NO5/c1-5-14-6-7-17-8-10(14)12(16)18-9-11(15)19-13(2,3)4/h10H,5-9H2,1-4H3. The average molecular weight is 273 g/mol. The topological polar surface area (TPSA) is 65.1 Å². The number of rotatable bonds is 4. The summed E-state index contributed by atoms with van der Waals surface area (Å²) in [6, 6.07) is -0.429. The van der Waals surface area contributed by atoms with E-state index >= 15 is 0 Å². The minimum absolute atomic E-state index is 0.307. The zero-order valence-electron chi connectivity index (χ0n) is 12.1. The summed E-state index contributed by atoms with van der Waals surface area (Å²) in [5.41, 5.74) is -0.576. The van der Waals surface area contributed by atoms with Crippen molar-refractivity contribution in [3.63, 3.8) is 0 Å². The van der Waals surface area contributed by atoms with Gasteiger partial charge in [0.2, 0.25) is 0 Å². The highest BCUT2D eigenvalue weighted by Gasteiger charge is 2.30. The molecule has 6 nitrogen and oxygen atoms in total. The summed E-state index contributed by atoms with van der Waals surface area (Å²) in [7, 11) is 0. The van der Waals surface area contributed by atoms with Gasteiger partial charge in [0.15, 0.2) is 6.61 Å².